The van der Waals surface area contributed by atoms with Crippen molar-refractivity contribution in [2.45, 2.75) is 13.1 Å². The lowest BCUT2D eigenvalue weighted by molar-refractivity contribution is -0.137. The summed E-state index contributed by atoms with van der Waals surface area (Å²) >= 11 is 0.939. The zero-order valence-corrected chi connectivity index (χ0v) is 14.1. The average molecular weight is 372 g/mol. The molecule has 1 saturated heterocycles. The third-order valence-electron chi connectivity index (χ3n) is 3.78. The summed E-state index contributed by atoms with van der Waals surface area (Å²) < 4.78 is 48.1. The van der Waals surface area contributed by atoms with E-state index in [9.17, 15) is 18.0 Å². The largest absolute Gasteiger partial charge is 0.416 e. The van der Waals surface area contributed by atoms with Crippen molar-refractivity contribution in [2.75, 3.05) is 36.5 Å². The van der Waals surface area contributed by atoms with Crippen LogP contribution in [0.1, 0.15) is 20.9 Å². The van der Waals surface area contributed by atoms with E-state index in [0.717, 1.165) is 23.7 Å². The molecule has 10 heteroatoms. The Morgan fingerprint density at radius 3 is 2.64 bits per heavy atom. The van der Waals surface area contributed by atoms with E-state index in [-0.39, 0.29) is 0 Å². The lowest BCUT2D eigenvalue weighted by Crippen LogP contribution is -2.37. The number of carbonyl (C=O) groups excluding carboxylic acids is 1. The molecule has 25 heavy (non-hydrogen) atoms. The molecule has 3 rings (SSSR count). The van der Waals surface area contributed by atoms with Gasteiger partial charge in [-0.1, -0.05) is 4.49 Å². The van der Waals surface area contributed by atoms with Crippen molar-refractivity contribution in [1.82, 2.24) is 9.59 Å². The van der Waals surface area contributed by atoms with Crippen LogP contribution >= 0.6 is 11.5 Å². The molecule has 1 aromatic heterocycles. The number of amides is 1. The highest BCUT2D eigenvalue weighted by molar-refractivity contribution is 7.08. The topological polar surface area (TPSA) is 67.4 Å². The number of aryl methyl sites for hydroxylation is 1. The van der Waals surface area contributed by atoms with E-state index in [1.807, 2.05) is 0 Å². The molecule has 134 valence electrons. The average Bonchev–Trinajstić information content (AvgIpc) is 3.01. The number of benzene rings is 1. The number of rotatable bonds is 3. The number of morpholine rings is 1. The SMILES string of the molecule is Cc1nnsc1C(=O)Nc1ccc(C(F)(F)F)cc1N1CCOCC1. The Bertz CT molecular complexity index is 772. The van der Waals surface area contributed by atoms with Crippen LogP contribution in [0.4, 0.5) is 24.5 Å². The first kappa shape index (κ1) is 17.6. The quantitative estimate of drug-likeness (QED) is 0.897. The van der Waals surface area contributed by atoms with E-state index in [0.29, 0.717) is 48.2 Å². The Hall–Kier alpha value is -2.20. The molecular formula is C15H15F3N4O2S. The first-order chi connectivity index (χ1) is 11.9. The molecule has 2 aromatic rings. The number of hydrogen-bond acceptors (Lipinski definition) is 6. The standard InChI is InChI=1S/C15H15F3N4O2S/c1-9-13(25-21-20-9)14(23)19-11-3-2-10(15(16,17)18)8-12(11)22-4-6-24-7-5-22/h2-3,8H,4-7H2,1H3,(H,19,23). The lowest BCUT2D eigenvalue weighted by Gasteiger charge is -2.31. The van der Waals surface area contributed by atoms with Crippen molar-refractivity contribution in [3.8, 4) is 0 Å². The number of nitrogens with one attached hydrogen (secondary N) is 1. The normalized spacial score (nSPS) is 15.3. The van der Waals surface area contributed by atoms with Crippen molar-refractivity contribution in [2.24, 2.45) is 0 Å². The van der Waals surface area contributed by atoms with Crippen LogP contribution < -0.4 is 10.2 Å². The molecule has 0 bridgehead atoms. The van der Waals surface area contributed by atoms with E-state index in [2.05, 4.69) is 14.9 Å². The number of halogens is 3. The summed E-state index contributed by atoms with van der Waals surface area (Å²) in [4.78, 5) is 14.5. The van der Waals surface area contributed by atoms with Gasteiger partial charge in [0, 0.05) is 13.1 Å². The number of aromatic nitrogens is 2. The van der Waals surface area contributed by atoms with E-state index < -0.39 is 17.6 Å². The molecule has 2 heterocycles. The fourth-order valence-electron chi connectivity index (χ4n) is 2.50. The van der Waals surface area contributed by atoms with Gasteiger partial charge in [0.05, 0.1) is 35.8 Å². The fraction of sp³-hybridized carbons (Fsp3) is 0.400. The molecule has 0 atom stereocenters. The van der Waals surface area contributed by atoms with Gasteiger partial charge < -0.3 is 15.0 Å². The van der Waals surface area contributed by atoms with Crippen molar-refractivity contribution < 1.29 is 22.7 Å². The van der Waals surface area contributed by atoms with Gasteiger partial charge in [-0.3, -0.25) is 4.79 Å². The molecule has 0 spiro atoms. The molecule has 1 fully saturated rings. The highest BCUT2D eigenvalue weighted by Crippen LogP contribution is 2.36. The summed E-state index contributed by atoms with van der Waals surface area (Å²) in [6.45, 7) is 3.38. The van der Waals surface area contributed by atoms with Crippen LogP contribution in [0.15, 0.2) is 18.2 Å². The smallest absolute Gasteiger partial charge is 0.378 e. The van der Waals surface area contributed by atoms with Gasteiger partial charge in [0.2, 0.25) is 0 Å². The molecular weight excluding hydrogens is 357 g/mol. The second-order valence-electron chi connectivity index (χ2n) is 5.47. The van der Waals surface area contributed by atoms with Crippen LogP contribution in [-0.4, -0.2) is 41.8 Å². The van der Waals surface area contributed by atoms with Crippen LogP contribution in [0.2, 0.25) is 0 Å². The maximum atomic E-state index is 13.1. The number of alkyl halides is 3. The van der Waals surface area contributed by atoms with Crippen molar-refractivity contribution in [3.63, 3.8) is 0 Å². The predicted octanol–water partition coefficient (Wildman–Crippen LogP) is 2.95. The minimum atomic E-state index is -4.46. The number of nitrogens with zero attached hydrogens (tertiary/aromatic N) is 3. The highest BCUT2D eigenvalue weighted by Gasteiger charge is 2.32. The van der Waals surface area contributed by atoms with Gasteiger partial charge in [0.25, 0.3) is 5.91 Å². The molecule has 1 aromatic carbocycles. The third kappa shape index (κ3) is 3.90. The number of ether oxygens (including phenoxy) is 1. The maximum absolute atomic E-state index is 13.1. The minimum absolute atomic E-state index is 0.313. The van der Waals surface area contributed by atoms with Crippen molar-refractivity contribution in [1.29, 1.82) is 0 Å². The first-order valence-electron chi connectivity index (χ1n) is 7.50. The van der Waals surface area contributed by atoms with E-state index >= 15 is 0 Å². The van der Waals surface area contributed by atoms with E-state index in [1.54, 1.807) is 11.8 Å². The van der Waals surface area contributed by atoms with Crippen LogP contribution in [0, 0.1) is 6.92 Å². The van der Waals surface area contributed by atoms with E-state index in [4.69, 9.17) is 4.74 Å². The third-order valence-corrected chi connectivity index (χ3v) is 4.61. The van der Waals surface area contributed by atoms with Gasteiger partial charge in [-0.15, -0.1) is 5.10 Å². The number of carbonyl (C=O) groups is 1. The van der Waals surface area contributed by atoms with Crippen LogP contribution in [0.5, 0.6) is 0 Å². The molecule has 1 N–H and O–H groups in total. The van der Waals surface area contributed by atoms with Crippen LogP contribution in [0.3, 0.4) is 0 Å². The first-order valence-corrected chi connectivity index (χ1v) is 8.28. The Labute approximate surface area is 145 Å². The molecule has 1 aliphatic heterocycles. The number of anilines is 2. The Balaban J connectivity index is 1.94. The van der Waals surface area contributed by atoms with Crippen molar-refractivity contribution in [3.05, 3.63) is 34.3 Å². The van der Waals surface area contributed by atoms with E-state index in [1.165, 1.54) is 6.07 Å². The second kappa shape index (κ2) is 6.96. The fourth-order valence-corrected chi connectivity index (χ4v) is 3.05. The molecule has 1 aliphatic rings. The highest BCUT2D eigenvalue weighted by atomic mass is 32.1. The van der Waals surface area contributed by atoms with Gasteiger partial charge in [-0.05, 0) is 36.7 Å². The lowest BCUT2D eigenvalue weighted by atomic mass is 10.1. The zero-order chi connectivity index (χ0) is 18.0. The summed E-state index contributed by atoms with van der Waals surface area (Å²) in [6, 6.07) is 3.28. The van der Waals surface area contributed by atoms with Crippen LogP contribution in [-0.2, 0) is 10.9 Å². The summed E-state index contributed by atoms with van der Waals surface area (Å²) in [6.07, 6.45) is -4.46. The van der Waals surface area contributed by atoms with Crippen molar-refractivity contribution >= 4 is 28.8 Å². The molecule has 0 aliphatic carbocycles. The van der Waals surface area contributed by atoms with Gasteiger partial charge in [-0.25, -0.2) is 0 Å². The molecule has 1 amide bonds. The zero-order valence-electron chi connectivity index (χ0n) is 13.3. The molecule has 6 nitrogen and oxygen atoms in total. The molecule has 0 radical (unpaired) electrons. The Kier molecular flexibility index (Phi) is 4.91. The predicted molar refractivity (Wildman–Crippen MR) is 87.1 cm³/mol. The minimum Gasteiger partial charge on any atom is -0.378 e. The van der Waals surface area contributed by atoms with Crippen LogP contribution in [0.25, 0.3) is 0 Å². The van der Waals surface area contributed by atoms with Gasteiger partial charge in [-0.2, -0.15) is 13.2 Å². The molecule has 0 unspecified atom stereocenters. The summed E-state index contributed by atoms with van der Waals surface area (Å²) in [5.41, 5.74) is 0.347. The summed E-state index contributed by atoms with van der Waals surface area (Å²) in [5, 5.41) is 6.44. The Morgan fingerprint density at radius 2 is 2.04 bits per heavy atom. The monoisotopic (exact) mass is 372 g/mol. The second-order valence-corrected chi connectivity index (χ2v) is 6.22. The molecule has 0 saturated carbocycles. The number of hydrogen-bond donors (Lipinski definition) is 1. The summed E-state index contributed by atoms with van der Waals surface area (Å²) in [7, 11) is 0. The maximum Gasteiger partial charge on any atom is 0.416 e. The van der Waals surface area contributed by atoms with Gasteiger partial charge >= 0.3 is 6.18 Å². The summed E-state index contributed by atoms with van der Waals surface area (Å²) in [5.74, 6) is -0.443. The van der Waals surface area contributed by atoms with Gasteiger partial charge in [0.15, 0.2) is 0 Å². The Morgan fingerprint density at radius 1 is 1.32 bits per heavy atom. The van der Waals surface area contributed by atoms with Gasteiger partial charge in [0.1, 0.15) is 4.88 Å².